The van der Waals surface area contributed by atoms with Gasteiger partial charge in [0.15, 0.2) is 0 Å². The van der Waals surface area contributed by atoms with Crippen molar-refractivity contribution in [1.29, 1.82) is 0 Å². The number of nitrogens with zero attached hydrogens (tertiary/aromatic N) is 2. The maximum atomic E-state index is 5.36. The van der Waals surface area contributed by atoms with Gasteiger partial charge in [-0.25, -0.2) is 4.98 Å². The van der Waals surface area contributed by atoms with Crippen molar-refractivity contribution in [1.82, 2.24) is 9.97 Å². The van der Waals surface area contributed by atoms with Gasteiger partial charge in [-0.15, -0.1) is 0 Å². The van der Waals surface area contributed by atoms with Crippen molar-refractivity contribution >= 4 is 11.8 Å². The summed E-state index contributed by atoms with van der Waals surface area (Å²) in [6.07, 6.45) is 2.68. The molecule has 0 aliphatic heterocycles. The molecule has 1 aromatic carbocycles. The van der Waals surface area contributed by atoms with E-state index >= 15 is 0 Å². The van der Waals surface area contributed by atoms with Crippen LogP contribution in [0.15, 0.2) is 59.2 Å². The second-order valence-corrected chi connectivity index (χ2v) is 5.71. The van der Waals surface area contributed by atoms with E-state index in [0.717, 1.165) is 29.3 Å². The summed E-state index contributed by atoms with van der Waals surface area (Å²) in [5, 5.41) is 6.65. The van der Waals surface area contributed by atoms with E-state index in [1.165, 1.54) is 0 Å². The Bertz CT molecular complexity index is 756. The molecule has 0 fully saturated rings. The molecule has 2 N–H and O–H groups in total. The quantitative estimate of drug-likeness (QED) is 0.667. The lowest BCUT2D eigenvalue weighted by Gasteiger charge is -2.14. The van der Waals surface area contributed by atoms with Gasteiger partial charge in [0.05, 0.1) is 18.5 Å². The van der Waals surface area contributed by atoms with Crippen LogP contribution in [0.2, 0.25) is 0 Å². The predicted octanol–water partition coefficient (Wildman–Crippen LogP) is 4.56. The summed E-state index contributed by atoms with van der Waals surface area (Å²) in [7, 11) is 0. The zero-order chi connectivity index (χ0) is 16.8. The van der Waals surface area contributed by atoms with Gasteiger partial charge in [-0.3, -0.25) is 0 Å². The number of furan rings is 1. The van der Waals surface area contributed by atoms with E-state index in [4.69, 9.17) is 4.42 Å². The van der Waals surface area contributed by atoms with Crippen LogP contribution >= 0.6 is 0 Å². The van der Waals surface area contributed by atoms with Crippen LogP contribution in [0.4, 0.5) is 11.8 Å². The number of nitrogens with one attached hydrogen (secondary N) is 2. The van der Waals surface area contributed by atoms with Crippen LogP contribution < -0.4 is 10.6 Å². The topological polar surface area (TPSA) is 63.0 Å². The fraction of sp³-hybridized carbons (Fsp3) is 0.263. The Kier molecular flexibility index (Phi) is 5.11. The number of benzene rings is 1. The Morgan fingerprint density at radius 2 is 1.92 bits per heavy atom. The molecule has 0 aliphatic rings. The highest BCUT2D eigenvalue weighted by atomic mass is 16.3. The summed E-state index contributed by atoms with van der Waals surface area (Å²) in [5.74, 6) is 2.27. The molecule has 5 nitrogen and oxygen atoms in total. The van der Waals surface area contributed by atoms with Gasteiger partial charge in [-0.05, 0) is 25.5 Å². The van der Waals surface area contributed by atoms with Crippen LogP contribution in [0.1, 0.15) is 26.0 Å². The number of aromatic nitrogens is 2. The van der Waals surface area contributed by atoms with Crippen LogP contribution in [-0.4, -0.2) is 16.0 Å². The summed E-state index contributed by atoms with van der Waals surface area (Å²) in [5.41, 5.74) is 1.95. The summed E-state index contributed by atoms with van der Waals surface area (Å²) in [6.45, 7) is 4.84. The maximum Gasteiger partial charge on any atom is 0.225 e. The number of hydrogen-bond donors (Lipinski definition) is 2. The lowest BCUT2D eigenvalue weighted by Crippen LogP contribution is -2.16. The third-order valence-corrected chi connectivity index (χ3v) is 3.81. The molecule has 124 valence electrons. The predicted molar refractivity (Wildman–Crippen MR) is 96.9 cm³/mol. The molecule has 5 heteroatoms. The van der Waals surface area contributed by atoms with Crippen molar-refractivity contribution in [3.05, 3.63) is 60.6 Å². The van der Waals surface area contributed by atoms with Crippen LogP contribution in [0.25, 0.3) is 11.3 Å². The van der Waals surface area contributed by atoms with E-state index in [1.54, 1.807) is 6.26 Å². The lowest BCUT2D eigenvalue weighted by atomic mass is 10.1. The minimum absolute atomic E-state index is 0.314. The van der Waals surface area contributed by atoms with Gasteiger partial charge in [0, 0.05) is 17.7 Å². The van der Waals surface area contributed by atoms with Gasteiger partial charge < -0.3 is 15.1 Å². The van der Waals surface area contributed by atoms with E-state index < -0.39 is 0 Å². The summed E-state index contributed by atoms with van der Waals surface area (Å²) in [6, 6.07) is 16.2. The van der Waals surface area contributed by atoms with Gasteiger partial charge in [0.2, 0.25) is 5.95 Å². The molecule has 0 amide bonds. The van der Waals surface area contributed by atoms with Crippen LogP contribution in [-0.2, 0) is 6.54 Å². The fourth-order valence-electron chi connectivity index (χ4n) is 2.27. The van der Waals surface area contributed by atoms with Gasteiger partial charge in [0.1, 0.15) is 11.6 Å². The highest BCUT2D eigenvalue weighted by molar-refractivity contribution is 5.64. The van der Waals surface area contributed by atoms with E-state index in [9.17, 15) is 0 Å². The normalized spacial score (nSPS) is 11.9. The van der Waals surface area contributed by atoms with Gasteiger partial charge >= 0.3 is 0 Å². The van der Waals surface area contributed by atoms with E-state index in [2.05, 4.69) is 34.4 Å². The molecule has 2 aromatic heterocycles. The Morgan fingerprint density at radius 1 is 1.08 bits per heavy atom. The van der Waals surface area contributed by atoms with Crippen molar-refractivity contribution in [2.24, 2.45) is 0 Å². The highest BCUT2D eigenvalue weighted by Gasteiger charge is 2.09. The molecule has 0 aliphatic carbocycles. The number of rotatable bonds is 7. The Hall–Kier alpha value is -2.82. The standard InChI is InChI=1S/C19H22N4O/c1-3-14(2)21-19-22-17(15-8-5-4-6-9-15)12-18(23-19)20-13-16-10-7-11-24-16/h4-12,14H,3,13H2,1-2H3,(H2,20,21,22,23). The summed E-state index contributed by atoms with van der Waals surface area (Å²) >= 11 is 0. The van der Waals surface area contributed by atoms with Crippen molar-refractivity contribution in [2.45, 2.75) is 32.9 Å². The van der Waals surface area contributed by atoms with Gasteiger partial charge in [-0.2, -0.15) is 4.98 Å². The Labute approximate surface area is 142 Å². The van der Waals surface area contributed by atoms with Crippen LogP contribution in [0, 0.1) is 0 Å². The zero-order valence-corrected chi connectivity index (χ0v) is 14.0. The minimum Gasteiger partial charge on any atom is -0.467 e. The molecule has 0 radical (unpaired) electrons. The van der Waals surface area contributed by atoms with Crippen LogP contribution in [0.3, 0.4) is 0 Å². The zero-order valence-electron chi connectivity index (χ0n) is 14.0. The molecular weight excluding hydrogens is 300 g/mol. The minimum atomic E-state index is 0.314. The second kappa shape index (κ2) is 7.64. The van der Waals surface area contributed by atoms with Crippen LogP contribution in [0.5, 0.6) is 0 Å². The molecule has 3 aromatic rings. The molecule has 0 spiro atoms. The Balaban J connectivity index is 1.87. The SMILES string of the molecule is CCC(C)Nc1nc(NCc2ccco2)cc(-c2ccccc2)n1. The van der Waals surface area contributed by atoms with E-state index in [1.807, 2.05) is 48.5 Å². The summed E-state index contributed by atoms with van der Waals surface area (Å²) < 4.78 is 5.36. The average Bonchev–Trinajstić information content (AvgIpc) is 3.14. The third-order valence-electron chi connectivity index (χ3n) is 3.81. The monoisotopic (exact) mass is 322 g/mol. The maximum absolute atomic E-state index is 5.36. The molecule has 24 heavy (non-hydrogen) atoms. The van der Waals surface area contributed by atoms with Crippen molar-refractivity contribution in [3.8, 4) is 11.3 Å². The van der Waals surface area contributed by atoms with Gasteiger partial charge in [0.25, 0.3) is 0 Å². The molecule has 1 atom stereocenters. The van der Waals surface area contributed by atoms with Crippen molar-refractivity contribution in [2.75, 3.05) is 10.6 Å². The van der Waals surface area contributed by atoms with E-state index in [0.29, 0.717) is 18.5 Å². The Morgan fingerprint density at radius 3 is 2.62 bits per heavy atom. The van der Waals surface area contributed by atoms with E-state index in [-0.39, 0.29) is 0 Å². The number of hydrogen-bond acceptors (Lipinski definition) is 5. The fourth-order valence-corrected chi connectivity index (χ4v) is 2.27. The average molecular weight is 322 g/mol. The first-order chi connectivity index (χ1) is 11.7. The molecule has 1 unspecified atom stereocenters. The molecule has 0 bridgehead atoms. The first kappa shape index (κ1) is 16.1. The van der Waals surface area contributed by atoms with Crippen molar-refractivity contribution in [3.63, 3.8) is 0 Å². The second-order valence-electron chi connectivity index (χ2n) is 5.71. The molecule has 0 saturated carbocycles. The van der Waals surface area contributed by atoms with Gasteiger partial charge in [-0.1, -0.05) is 37.3 Å². The number of anilines is 2. The lowest BCUT2D eigenvalue weighted by molar-refractivity contribution is 0.518. The highest BCUT2D eigenvalue weighted by Crippen LogP contribution is 2.22. The summed E-state index contributed by atoms with van der Waals surface area (Å²) in [4.78, 5) is 9.22. The smallest absolute Gasteiger partial charge is 0.225 e. The first-order valence-electron chi connectivity index (χ1n) is 8.22. The molecule has 2 heterocycles. The molecule has 0 saturated heterocycles. The largest absolute Gasteiger partial charge is 0.467 e. The van der Waals surface area contributed by atoms with Crippen molar-refractivity contribution < 1.29 is 4.42 Å². The first-order valence-corrected chi connectivity index (χ1v) is 8.22. The molecule has 3 rings (SSSR count). The molecular formula is C19H22N4O. The third kappa shape index (κ3) is 4.13.